The molecule has 0 bridgehead atoms. The number of halogens is 2. The number of nitrogens with one attached hydrogen (secondary N) is 1. The van der Waals surface area contributed by atoms with Crippen LogP contribution >= 0.6 is 28.6 Å². The summed E-state index contributed by atoms with van der Waals surface area (Å²) in [4.78, 5) is 18.1. The molecule has 142 valence electrons. The van der Waals surface area contributed by atoms with Crippen LogP contribution in [0.25, 0.3) is 28.3 Å². The van der Waals surface area contributed by atoms with Crippen LogP contribution in [0.1, 0.15) is 12.8 Å². The Labute approximate surface area is 177 Å². The van der Waals surface area contributed by atoms with Crippen molar-refractivity contribution in [2.24, 2.45) is 0 Å². The van der Waals surface area contributed by atoms with Crippen LogP contribution < -0.4 is 16.1 Å². The Balaban J connectivity index is 0.00000192. The van der Waals surface area contributed by atoms with Crippen LogP contribution in [0.4, 0.5) is 0 Å². The summed E-state index contributed by atoms with van der Waals surface area (Å²) in [5.74, 6) is 0. The first kappa shape index (κ1) is 18.8. The number of aromatic nitrogens is 3. The van der Waals surface area contributed by atoms with E-state index in [0.29, 0.717) is 15.9 Å². The molecule has 1 fully saturated rings. The molecule has 0 amide bonds. The van der Waals surface area contributed by atoms with Crippen molar-refractivity contribution < 1.29 is 0 Å². The lowest BCUT2D eigenvalue weighted by molar-refractivity contribution is 0.778. The topological polar surface area (TPSA) is 51.3 Å². The first-order valence-corrected chi connectivity index (χ1v) is 9.33. The number of hydrogen-bond donors (Lipinski definition) is 1. The highest BCUT2D eigenvalue weighted by Gasteiger charge is 2.19. The zero-order valence-corrected chi connectivity index (χ0v) is 17.4. The number of rotatable bonds is 2. The van der Waals surface area contributed by atoms with Crippen LogP contribution in [0.5, 0.6) is 0 Å². The third-order valence-corrected chi connectivity index (χ3v) is 5.17. The molecule has 0 spiro atoms. The standard InChI is InChI=1S/C21H17ClN4O.BrH/c22-15-10-8-14(9-11-15)18-13-25-20(24-18)19(17-7-4-12-23-17)21(27)26(25)16-5-2-1-3-6-16;/h1-3,5-6,8-11,13,23H,4,7,12H2;1H/b19-17-;. The van der Waals surface area contributed by atoms with Crippen molar-refractivity contribution in [2.45, 2.75) is 12.8 Å². The van der Waals surface area contributed by atoms with Crippen molar-refractivity contribution in [3.8, 4) is 16.9 Å². The normalized spacial score (nSPS) is 15.5. The molecule has 2 aromatic carbocycles. The Morgan fingerprint density at radius 1 is 1.04 bits per heavy atom. The molecule has 28 heavy (non-hydrogen) atoms. The third kappa shape index (κ3) is 3.02. The van der Waals surface area contributed by atoms with Crippen molar-refractivity contribution in [1.29, 1.82) is 0 Å². The monoisotopic (exact) mass is 456 g/mol. The number of fused-ring (bicyclic) bond motifs is 1. The summed E-state index contributed by atoms with van der Waals surface area (Å²) in [6, 6.07) is 17.2. The molecule has 0 unspecified atom stereocenters. The molecule has 2 aromatic heterocycles. The van der Waals surface area contributed by atoms with E-state index in [1.54, 1.807) is 4.68 Å². The fraction of sp³-hybridized carbons (Fsp3) is 0.143. The summed E-state index contributed by atoms with van der Waals surface area (Å²) in [6.07, 6.45) is 3.81. The lowest BCUT2D eigenvalue weighted by Gasteiger charge is -2.03. The maximum Gasteiger partial charge on any atom is 0.283 e. The molecule has 0 aliphatic carbocycles. The highest BCUT2D eigenvalue weighted by atomic mass is 79.9. The van der Waals surface area contributed by atoms with Crippen LogP contribution in [0.15, 0.2) is 65.6 Å². The molecular formula is C21H18BrClN4O. The van der Waals surface area contributed by atoms with Gasteiger partial charge in [-0.15, -0.1) is 17.0 Å². The molecule has 3 heterocycles. The second-order valence-electron chi connectivity index (χ2n) is 6.64. The summed E-state index contributed by atoms with van der Waals surface area (Å²) < 4.78 is 3.54. The van der Waals surface area contributed by atoms with Gasteiger partial charge in [-0.2, -0.15) is 0 Å². The number of imidazole rings is 1. The second-order valence-corrected chi connectivity index (χ2v) is 7.07. The number of hydrogen-bond acceptors (Lipinski definition) is 3. The van der Waals surface area contributed by atoms with Gasteiger partial charge < -0.3 is 5.32 Å². The van der Waals surface area contributed by atoms with E-state index in [0.717, 1.165) is 42.0 Å². The highest BCUT2D eigenvalue weighted by Crippen LogP contribution is 2.21. The van der Waals surface area contributed by atoms with E-state index in [-0.39, 0.29) is 22.5 Å². The minimum absolute atomic E-state index is 0. The lowest BCUT2D eigenvalue weighted by Crippen LogP contribution is -2.32. The van der Waals surface area contributed by atoms with Crippen LogP contribution in [0.2, 0.25) is 5.02 Å². The van der Waals surface area contributed by atoms with Gasteiger partial charge in [0.2, 0.25) is 0 Å². The zero-order chi connectivity index (χ0) is 18.4. The van der Waals surface area contributed by atoms with Crippen LogP contribution in [0.3, 0.4) is 0 Å². The molecule has 5 nitrogen and oxygen atoms in total. The van der Waals surface area contributed by atoms with Crippen molar-refractivity contribution in [3.05, 3.63) is 81.4 Å². The minimum atomic E-state index is -0.0456. The summed E-state index contributed by atoms with van der Waals surface area (Å²) in [5, 5.41) is 4.71. The average Bonchev–Trinajstić information content (AvgIpc) is 3.39. The molecule has 1 aliphatic heterocycles. The molecule has 0 radical (unpaired) electrons. The highest BCUT2D eigenvalue weighted by molar-refractivity contribution is 8.93. The fourth-order valence-electron chi connectivity index (χ4n) is 3.63. The Kier molecular flexibility index (Phi) is 5.00. The summed E-state index contributed by atoms with van der Waals surface area (Å²) in [7, 11) is 0. The number of para-hydroxylation sites is 1. The van der Waals surface area contributed by atoms with Crippen molar-refractivity contribution in [3.63, 3.8) is 0 Å². The molecule has 1 saturated heterocycles. The molecule has 7 heteroatoms. The number of benzene rings is 2. The summed E-state index contributed by atoms with van der Waals surface area (Å²) >= 11 is 6.01. The SMILES string of the molecule is Br.O=c1/c(=C2/CCCN2)c2nc(-c3ccc(Cl)cc3)cn2n1-c1ccccc1. The molecule has 1 aliphatic rings. The van der Waals surface area contributed by atoms with Crippen LogP contribution in [-0.2, 0) is 0 Å². The van der Waals surface area contributed by atoms with Gasteiger partial charge in [0.25, 0.3) is 5.56 Å². The summed E-state index contributed by atoms with van der Waals surface area (Å²) in [6.45, 7) is 0.891. The van der Waals surface area contributed by atoms with Gasteiger partial charge in [0.05, 0.1) is 17.6 Å². The Morgan fingerprint density at radius 2 is 1.79 bits per heavy atom. The number of nitrogens with zero attached hydrogens (tertiary/aromatic N) is 3. The molecule has 1 N–H and O–H groups in total. The van der Waals surface area contributed by atoms with E-state index >= 15 is 0 Å². The predicted octanol–water partition coefficient (Wildman–Crippen LogP) is 3.59. The average molecular weight is 458 g/mol. The largest absolute Gasteiger partial charge is 0.388 e. The van der Waals surface area contributed by atoms with E-state index in [1.807, 2.05) is 65.3 Å². The van der Waals surface area contributed by atoms with Gasteiger partial charge in [0.15, 0.2) is 5.65 Å². The van der Waals surface area contributed by atoms with Gasteiger partial charge in [0.1, 0.15) is 5.22 Å². The smallest absolute Gasteiger partial charge is 0.283 e. The molecule has 0 atom stereocenters. The van der Waals surface area contributed by atoms with Gasteiger partial charge in [-0.1, -0.05) is 41.9 Å². The van der Waals surface area contributed by atoms with Gasteiger partial charge in [0, 0.05) is 22.8 Å². The third-order valence-electron chi connectivity index (χ3n) is 4.92. The Hall–Kier alpha value is -2.57. The first-order valence-electron chi connectivity index (χ1n) is 8.95. The maximum atomic E-state index is 13.3. The van der Waals surface area contributed by atoms with Crippen molar-refractivity contribution >= 4 is 39.9 Å². The first-order chi connectivity index (χ1) is 13.2. The van der Waals surface area contributed by atoms with Crippen LogP contribution in [-0.4, -0.2) is 20.7 Å². The zero-order valence-electron chi connectivity index (χ0n) is 14.9. The van der Waals surface area contributed by atoms with E-state index in [4.69, 9.17) is 16.6 Å². The Bertz CT molecular complexity index is 1240. The van der Waals surface area contributed by atoms with E-state index < -0.39 is 0 Å². The quantitative estimate of drug-likeness (QED) is 0.500. The van der Waals surface area contributed by atoms with Crippen molar-refractivity contribution in [2.75, 3.05) is 6.54 Å². The van der Waals surface area contributed by atoms with Gasteiger partial charge in [-0.25, -0.2) is 14.2 Å². The van der Waals surface area contributed by atoms with E-state index in [1.165, 1.54) is 0 Å². The predicted molar refractivity (Wildman–Crippen MR) is 117 cm³/mol. The molecule has 5 rings (SSSR count). The Morgan fingerprint density at radius 3 is 2.46 bits per heavy atom. The minimum Gasteiger partial charge on any atom is -0.388 e. The van der Waals surface area contributed by atoms with Gasteiger partial charge in [-0.05, 0) is 37.1 Å². The van der Waals surface area contributed by atoms with Gasteiger partial charge >= 0.3 is 0 Å². The molecular weight excluding hydrogens is 440 g/mol. The van der Waals surface area contributed by atoms with E-state index in [9.17, 15) is 4.79 Å². The lowest BCUT2D eigenvalue weighted by atomic mass is 10.2. The second kappa shape index (κ2) is 7.45. The van der Waals surface area contributed by atoms with E-state index in [2.05, 4.69) is 5.32 Å². The van der Waals surface area contributed by atoms with Crippen molar-refractivity contribution in [1.82, 2.24) is 19.5 Å². The molecule has 4 aromatic rings. The van der Waals surface area contributed by atoms with Crippen LogP contribution in [0, 0.1) is 0 Å². The fourth-order valence-corrected chi connectivity index (χ4v) is 3.76. The maximum absolute atomic E-state index is 13.3. The molecule has 0 saturated carbocycles. The summed E-state index contributed by atoms with van der Waals surface area (Å²) in [5.41, 5.74) is 4.20. The van der Waals surface area contributed by atoms with Gasteiger partial charge in [-0.3, -0.25) is 4.79 Å².